The highest BCUT2D eigenvalue weighted by Crippen LogP contribution is 2.24. The van der Waals surface area contributed by atoms with Crippen molar-refractivity contribution < 1.29 is 0 Å². The predicted molar refractivity (Wildman–Crippen MR) is 63.0 cm³/mol. The number of hydrogen-bond acceptors (Lipinski definition) is 4. The maximum atomic E-state index is 4.11. The van der Waals surface area contributed by atoms with Gasteiger partial charge in [-0.15, -0.1) is 0 Å². The molecule has 4 nitrogen and oxygen atoms in total. The van der Waals surface area contributed by atoms with E-state index in [9.17, 15) is 0 Å². The van der Waals surface area contributed by atoms with Crippen LogP contribution in [0, 0.1) is 0 Å². The number of hydrogen-bond donors (Lipinski definition) is 2. The van der Waals surface area contributed by atoms with Crippen LogP contribution in [-0.4, -0.2) is 38.8 Å². The monoisotopic (exact) mass is 226 g/mol. The van der Waals surface area contributed by atoms with Gasteiger partial charge in [0.2, 0.25) is 0 Å². The van der Waals surface area contributed by atoms with Crippen molar-refractivity contribution >= 4 is 11.8 Å². The van der Waals surface area contributed by atoms with Crippen molar-refractivity contribution in [3.05, 3.63) is 12.2 Å². The van der Waals surface area contributed by atoms with Gasteiger partial charge in [0.1, 0.15) is 12.2 Å². The summed E-state index contributed by atoms with van der Waals surface area (Å²) >= 11 is 2.08. The molecule has 84 valence electrons. The minimum Gasteiger partial charge on any atom is -0.312 e. The van der Waals surface area contributed by atoms with Crippen molar-refractivity contribution in [3.63, 3.8) is 0 Å². The zero-order valence-electron chi connectivity index (χ0n) is 9.07. The van der Waals surface area contributed by atoms with Crippen LogP contribution in [0.25, 0.3) is 0 Å². The number of aromatic nitrogens is 3. The van der Waals surface area contributed by atoms with E-state index in [0.29, 0.717) is 6.04 Å². The second-order valence-corrected chi connectivity index (χ2v) is 5.45. The summed E-state index contributed by atoms with van der Waals surface area (Å²) < 4.78 is 0. The molecule has 2 rings (SSSR count). The summed E-state index contributed by atoms with van der Waals surface area (Å²) in [6, 6.07) is 0.673. The molecule has 2 unspecified atom stereocenters. The van der Waals surface area contributed by atoms with Gasteiger partial charge in [-0.1, -0.05) is 6.92 Å². The molecule has 0 radical (unpaired) electrons. The average Bonchev–Trinajstić information content (AvgIpc) is 2.74. The van der Waals surface area contributed by atoms with Crippen LogP contribution in [0.5, 0.6) is 0 Å². The fourth-order valence-electron chi connectivity index (χ4n) is 1.92. The van der Waals surface area contributed by atoms with E-state index in [1.54, 1.807) is 6.33 Å². The third-order valence-corrected chi connectivity index (χ3v) is 4.22. The lowest BCUT2D eigenvalue weighted by atomic mass is 10.1. The molecule has 0 saturated carbocycles. The van der Waals surface area contributed by atoms with E-state index in [1.165, 1.54) is 18.6 Å². The zero-order chi connectivity index (χ0) is 10.5. The van der Waals surface area contributed by atoms with Crippen LogP contribution < -0.4 is 5.32 Å². The number of nitrogens with zero attached hydrogens (tertiary/aromatic N) is 2. The number of rotatable bonds is 4. The molecule has 1 saturated heterocycles. The Kier molecular flexibility index (Phi) is 4.02. The molecule has 2 N–H and O–H groups in total. The smallest absolute Gasteiger partial charge is 0.137 e. The van der Waals surface area contributed by atoms with Crippen molar-refractivity contribution in [2.24, 2.45) is 0 Å². The Morgan fingerprint density at radius 1 is 1.67 bits per heavy atom. The molecule has 1 aromatic heterocycles. The fraction of sp³-hybridized carbons (Fsp3) is 0.800. The SMILES string of the molecule is CC1SCCCC1NCCc1ncn[nH]1. The molecule has 15 heavy (non-hydrogen) atoms. The molecule has 2 atom stereocenters. The van der Waals surface area contributed by atoms with Gasteiger partial charge in [-0.05, 0) is 18.6 Å². The molecule has 2 heterocycles. The minimum atomic E-state index is 0.673. The van der Waals surface area contributed by atoms with Crippen molar-refractivity contribution in [1.82, 2.24) is 20.5 Å². The van der Waals surface area contributed by atoms with Gasteiger partial charge >= 0.3 is 0 Å². The van der Waals surface area contributed by atoms with Crippen LogP contribution in [0.1, 0.15) is 25.6 Å². The Morgan fingerprint density at radius 2 is 2.60 bits per heavy atom. The summed E-state index contributed by atoms with van der Waals surface area (Å²) in [5, 5.41) is 11.1. The maximum absolute atomic E-state index is 4.11. The van der Waals surface area contributed by atoms with E-state index >= 15 is 0 Å². The molecule has 1 aliphatic heterocycles. The van der Waals surface area contributed by atoms with Crippen LogP contribution in [0.3, 0.4) is 0 Å². The van der Waals surface area contributed by atoms with Crippen molar-refractivity contribution in [1.29, 1.82) is 0 Å². The third-order valence-electron chi connectivity index (χ3n) is 2.84. The number of thioether (sulfide) groups is 1. The summed E-state index contributed by atoms with van der Waals surface area (Å²) in [5.41, 5.74) is 0. The highest BCUT2D eigenvalue weighted by atomic mass is 32.2. The number of nitrogens with one attached hydrogen (secondary N) is 2. The molecule has 0 aliphatic carbocycles. The Morgan fingerprint density at radius 3 is 3.33 bits per heavy atom. The molecule has 0 spiro atoms. The van der Waals surface area contributed by atoms with Crippen LogP contribution >= 0.6 is 11.8 Å². The maximum Gasteiger partial charge on any atom is 0.137 e. The molecule has 0 bridgehead atoms. The lowest BCUT2D eigenvalue weighted by Gasteiger charge is -2.29. The summed E-state index contributed by atoms with van der Waals surface area (Å²) in [4.78, 5) is 4.11. The fourth-order valence-corrected chi connectivity index (χ4v) is 3.09. The standard InChI is InChI=1S/C10H18N4S/c1-8-9(3-2-6-15-8)11-5-4-10-12-7-13-14-10/h7-9,11H,2-6H2,1H3,(H,12,13,14). The second kappa shape index (κ2) is 5.51. The van der Waals surface area contributed by atoms with Gasteiger partial charge in [-0.3, -0.25) is 5.10 Å². The molecule has 1 aliphatic rings. The van der Waals surface area contributed by atoms with E-state index in [0.717, 1.165) is 24.0 Å². The van der Waals surface area contributed by atoms with E-state index in [4.69, 9.17) is 0 Å². The molecular formula is C10H18N4S. The van der Waals surface area contributed by atoms with Crippen molar-refractivity contribution in [3.8, 4) is 0 Å². The van der Waals surface area contributed by atoms with E-state index in [-0.39, 0.29) is 0 Å². The summed E-state index contributed by atoms with van der Waals surface area (Å²) in [6.45, 7) is 3.31. The lowest BCUT2D eigenvalue weighted by Crippen LogP contribution is -2.40. The lowest BCUT2D eigenvalue weighted by molar-refractivity contribution is 0.464. The summed E-state index contributed by atoms with van der Waals surface area (Å²) in [6.07, 6.45) is 5.15. The van der Waals surface area contributed by atoms with Crippen molar-refractivity contribution in [2.45, 2.75) is 37.5 Å². The van der Waals surface area contributed by atoms with Gasteiger partial charge in [0.05, 0.1) is 0 Å². The Balaban J connectivity index is 1.68. The highest BCUT2D eigenvalue weighted by molar-refractivity contribution is 7.99. The number of aromatic amines is 1. The van der Waals surface area contributed by atoms with E-state index in [1.807, 2.05) is 0 Å². The Hall–Kier alpha value is -0.550. The molecule has 0 amide bonds. The van der Waals surface area contributed by atoms with Crippen LogP contribution in [0.4, 0.5) is 0 Å². The van der Waals surface area contributed by atoms with Gasteiger partial charge in [0.25, 0.3) is 0 Å². The molecular weight excluding hydrogens is 208 g/mol. The predicted octanol–water partition coefficient (Wildman–Crippen LogP) is 1.22. The Labute approximate surface area is 94.6 Å². The summed E-state index contributed by atoms with van der Waals surface area (Å²) in [5.74, 6) is 2.29. The van der Waals surface area contributed by atoms with Crippen molar-refractivity contribution in [2.75, 3.05) is 12.3 Å². The first-order chi connectivity index (χ1) is 7.36. The van der Waals surface area contributed by atoms with Gasteiger partial charge < -0.3 is 5.32 Å². The quantitative estimate of drug-likeness (QED) is 0.810. The topological polar surface area (TPSA) is 53.6 Å². The molecule has 5 heteroatoms. The highest BCUT2D eigenvalue weighted by Gasteiger charge is 2.20. The van der Waals surface area contributed by atoms with E-state index in [2.05, 4.69) is 39.2 Å². The molecule has 0 aromatic carbocycles. The van der Waals surface area contributed by atoms with Crippen LogP contribution in [-0.2, 0) is 6.42 Å². The average molecular weight is 226 g/mol. The number of H-pyrrole nitrogens is 1. The largest absolute Gasteiger partial charge is 0.312 e. The zero-order valence-corrected chi connectivity index (χ0v) is 9.89. The van der Waals surface area contributed by atoms with Gasteiger partial charge in [0.15, 0.2) is 0 Å². The van der Waals surface area contributed by atoms with E-state index < -0.39 is 0 Å². The van der Waals surface area contributed by atoms with Gasteiger partial charge in [-0.2, -0.15) is 16.9 Å². The molecule has 1 fully saturated rings. The van der Waals surface area contributed by atoms with Gasteiger partial charge in [0, 0.05) is 24.3 Å². The van der Waals surface area contributed by atoms with Crippen LogP contribution in [0.2, 0.25) is 0 Å². The second-order valence-electron chi connectivity index (χ2n) is 3.96. The normalized spacial score (nSPS) is 26.7. The third kappa shape index (κ3) is 3.21. The van der Waals surface area contributed by atoms with Gasteiger partial charge in [-0.25, -0.2) is 4.98 Å². The summed E-state index contributed by atoms with van der Waals surface area (Å²) in [7, 11) is 0. The first-order valence-corrected chi connectivity index (χ1v) is 6.60. The molecule has 1 aromatic rings. The first kappa shape index (κ1) is 11.0. The Bertz CT molecular complexity index is 275. The minimum absolute atomic E-state index is 0.673. The first-order valence-electron chi connectivity index (χ1n) is 5.55. The van der Waals surface area contributed by atoms with Crippen LogP contribution in [0.15, 0.2) is 6.33 Å².